The van der Waals surface area contributed by atoms with Gasteiger partial charge in [0.2, 0.25) is 0 Å². The second-order valence-electron chi connectivity index (χ2n) is 5.51. The van der Waals surface area contributed by atoms with E-state index in [0.717, 1.165) is 45.5 Å². The van der Waals surface area contributed by atoms with Crippen LogP contribution in [-0.2, 0) is 14.3 Å². The number of ketones is 1. The van der Waals surface area contributed by atoms with Crippen LogP contribution in [0, 0.1) is 11.8 Å². The second kappa shape index (κ2) is 5.49. The lowest BCUT2D eigenvalue weighted by Crippen LogP contribution is -2.46. The van der Waals surface area contributed by atoms with E-state index >= 15 is 0 Å². The molecule has 0 saturated carbocycles. The molecular weight excluding hydrogens is 216 g/mol. The predicted molar refractivity (Wildman–Crippen MR) is 65.9 cm³/mol. The first kappa shape index (κ1) is 13.0. The van der Waals surface area contributed by atoms with Crippen LogP contribution in [-0.4, -0.2) is 31.2 Å². The minimum absolute atomic E-state index is 0.0173. The number of Topliss-reactive ketones (excluding diaryl/α,β-unsaturated/α-hetero) is 1. The van der Waals surface area contributed by atoms with E-state index in [1.165, 1.54) is 0 Å². The third-order valence-electron chi connectivity index (χ3n) is 4.50. The van der Waals surface area contributed by atoms with Crippen molar-refractivity contribution in [2.24, 2.45) is 11.8 Å². The lowest BCUT2D eigenvalue weighted by molar-refractivity contribution is -0.155. The van der Waals surface area contributed by atoms with Gasteiger partial charge in [-0.1, -0.05) is 13.8 Å². The summed E-state index contributed by atoms with van der Waals surface area (Å²) >= 11 is 0. The van der Waals surface area contributed by atoms with Crippen molar-refractivity contribution in [1.29, 1.82) is 0 Å². The van der Waals surface area contributed by atoms with Gasteiger partial charge in [-0.3, -0.25) is 4.79 Å². The Morgan fingerprint density at radius 3 is 2.71 bits per heavy atom. The Kier molecular flexibility index (Phi) is 4.21. The summed E-state index contributed by atoms with van der Waals surface area (Å²) in [5.41, 5.74) is 0.0173. The van der Waals surface area contributed by atoms with Crippen LogP contribution in [0.2, 0.25) is 0 Å². The average molecular weight is 240 g/mol. The molecule has 0 aromatic carbocycles. The fourth-order valence-electron chi connectivity index (χ4n) is 3.17. The van der Waals surface area contributed by atoms with Crippen LogP contribution in [0.5, 0.6) is 0 Å². The molecule has 2 aliphatic heterocycles. The standard InChI is InChI=1S/C14H24O3/c1-3-13(15)11(2)12-4-7-17-14(10-12)5-8-16-9-6-14/h11-12H,3-10H2,1-2H3. The first-order valence-corrected chi connectivity index (χ1v) is 6.91. The third kappa shape index (κ3) is 2.89. The normalized spacial score (nSPS) is 30.1. The monoisotopic (exact) mass is 240 g/mol. The Morgan fingerprint density at radius 2 is 2.06 bits per heavy atom. The lowest BCUT2D eigenvalue weighted by Gasteiger charge is -2.44. The summed E-state index contributed by atoms with van der Waals surface area (Å²) in [5.74, 6) is 1.11. The molecule has 1 spiro atoms. The van der Waals surface area contributed by atoms with Crippen LogP contribution in [0.15, 0.2) is 0 Å². The Hall–Kier alpha value is -0.410. The molecule has 0 aromatic rings. The van der Waals surface area contributed by atoms with Crippen molar-refractivity contribution in [3.8, 4) is 0 Å². The van der Waals surface area contributed by atoms with E-state index in [0.29, 0.717) is 18.1 Å². The molecule has 2 atom stereocenters. The van der Waals surface area contributed by atoms with E-state index < -0.39 is 0 Å². The molecule has 2 fully saturated rings. The molecule has 0 aromatic heterocycles. The molecule has 0 amide bonds. The number of carbonyl (C=O) groups is 1. The molecular formula is C14H24O3. The van der Waals surface area contributed by atoms with E-state index in [1.807, 2.05) is 6.92 Å². The highest BCUT2D eigenvalue weighted by Gasteiger charge is 2.41. The largest absolute Gasteiger partial charge is 0.381 e. The van der Waals surface area contributed by atoms with Gasteiger partial charge in [0, 0.05) is 32.2 Å². The van der Waals surface area contributed by atoms with E-state index in [2.05, 4.69) is 6.92 Å². The van der Waals surface area contributed by atoms with Gasteiger partial charge in [0.15, 0.2) is 0 Å². The van der Waals surface area contributed by atoms with Gasteiger partial charge in [-0.05, 0) is 31.6 Å². The number of ether oxygens (including phenoxy) is 2. The Morgan fingerprint density at radius 1 is 1.35 bits per heavy atom. The number of carbonyl (C=O) groups excluding carboxylic acids is 1. The summed E-state index contributed by atoms with van der Waals surface area (Å²) in [4.78, 5) is 11.8. The number of hydrogen-bond donors (Lipinski definition) is 0. The van der Waals surface area contributed by atoms with Crippen LogP contribution >= 0.6 is 0 Å². The molecule has 2 heterocycles. The van der Waals surface area contributed by atoms with Gasteiger partial charge in [-0.25, -0.2) is 0 Å². The molecule has 0 bridgehead atoms. The van der Waals surface area contributed by atoms with E-state index in [-0.39, 0.29) is 11.5 Å². The van der Waals surface area contributed by atoms with Gasteiger partial charge in [0.1, 0.15) is 5.78 Å². The molecule has 0 aliphatic carbocycles. The Balaban J connectivity index is 1.98. The van der Waals surface area contributed by atoms with Crippen molar-refractivity contribution in [2.45, 2.75) is 51.6 Å². The molecule has 2 aliphatic rings. The molecule has 2 rings (SSSR count). The van der Waals surface area contributed by atoms with Crippen LogP contribution in [0.3, 0.4) is 0 Å². The molecule has 2 unspecified atom stereocenters. The molecule has 17 heavy (non-hydrogen) atoms. The number of hydrogen-bond acceptors (Lipinski definition) is 3. The van der Waals surface area contributed by atoms with Crippen molar-refractivity contribution >= 4 is 5.78 Å². The zero-order chi connectivity index (χ0) is 12.3. The molecule has 0 N–H and O–H groups in total. The maximum absolute atomic E-state index is 11.8. The number of rotatable bonds is 3. The second-order valence-corrected chi connectivity index (χ2v) is 5.51. The molecule has 3 heteroatoms. The van der Waals surface area contributed by atoms with Gasteiger partial charge in [-0.2, -0.15) is 0 Å². The highest BCUT2D eigenvalue weighted by molar-refractivity contribution is 5.80. The van der Waals surface area contributed by atoms with Crippen LogP contribution in [0.25, 0.3) is 0 Å². The fraction of sp³-hybridized carbons (Fsp3) is 0.929. The van der Waals surface area contributed by atoms with Gasteiger partial charge < -0.3 is 9.47 Å². The first-order valence-electron chi connectivity index (χ1n) is 6.91. The summed E-state index contributed by atoms with van der Waals surface area (Å²) < 4.78 is 11.4. The van der Waals surface area contributed by atoms with Crippen LogP contribution in [0.4, 0.5) is 0 Å². The smallest absolute Gasteiger partial charge is 0.135 e. The summed E-state index contributed by atoms with van der Waals surface area (Å²) in [6.07, 6.45) is 4.74. The van der Waals surface area contributed by atoms with E-state index in [9.17, 15) is 4.79 Å². The van der Waals surface area contributed by atoms with Gasteiger partial charge in [0.05, 0.1) is 5.60 Å². The van der Waals surface area contributed by atoms with Crippen LogP contribution < -0.4 is 0 Å². The molecule has 98 valence electrons. The Labute approximate surface area is 104 Å². The molecule has 2 saturated heterocycles. The highest BCUT2D eigenvalue weighted by atomic mass is 16.5. The van der Waals surface area contributed by atoms with Crippen molar-refractivity contribution in [3.63, 3.8) is 0 Å². The third-order valence-corrected chi connectivity index (χ3v) is 4.50. The highest BCUT2D eigenvalue weighted by Crippen LogP contribution is 2.40. The summed E-state index contributed by atoms with van der Waals surface area (Å²) in [7, 11) is 0. The van der Waals surface area contributed by atoms with E-state index in [1.54, 1.807) is 0 Å². The van der Waals surface area contributed by atoms with Gasteiger partial charge in [0.25, 0.3) is 0 Å². The van der Waals surface area contributed by atoms with Gasteiger partial charge in [-0.15, -0.1) is 0 Å². The minimum Gasteiger partial charge on any atom is -0.381 e. The quantitative estimate of drug-likeness (QED) is 0.760. The van der Waals surface area contributed by atoms with Crippen molar-refractivity contribution < 1.29 is 14.3 Å². The Bertz CT molecular complexity index is 263. The topological polar surface area (TPSA) is 35.5 Å². The minimum atomic E-state index is 0.0173. The maximum Gasteiger partial charge on any atom is 0.135 e. The van der Waals surface area contributed by atoms with Crippen molar-refractivity contribution in [1.82, 2.24) is 0 Å². The lowest BCUT2D eigenvalue weighted by atomic mass is 9.74. The summed E-state index contributed by atoms with van der Waals surface area (Å²) in [6, 6.07) is 0. The predicted octanol–water partition coefficient (Wildman–Crippen LogP) is 2.58. The zero-order valence-electron chi connectivity index (χ0n) is 11.0. The zero-order valence-corrected chi connectivity index (χ0v) is 11.0. The summed E-state index contributed by atoms with van der Waals surface area (Å²) in [5, 5.41) is 0. The fourth-order valence-corrected chi connectivity index (χ4v) is 3.17. The van der Waals surface area contributed by atoms with E-state index in [4.69, 9.17) is 9.47 Å². The average Bonchev–Trinajstić information content (AvgIpc) is 2.38. The van der Waals surface area contributed by atoms with Crippen molar-refractivity contribution in [3.05, 3.63) is 0 Å². The van der Waals surface area contributed by atoms with Crippen LogP contribution in [0.1, 0.15) is 46.0 Å². The maximum atomic E-state index is 11.8. The summed E-state index contributed by atoms with van der Waals surface area (Å²) in [6.45, 7) is 6.48. The van der Waals surface area contributed by atoms with Crippen molar-refractivity contribution in [2.75, 3.05) is 19.8 Å². The molecule has 3 nitrogen and oxygen atoms in total. The molecule has 0 radical (unpaired) electrons. The first-order chi connectivity index (χ1) is 8.17. The van der Waals surface area contributed by atoms with Gasteiger partial charge >= 0.3 is 0 Å². The SMILES string of the molecule is CCC(=O)C(C)C1CCOC2(CCOCC2)C1.